The molecule has 7 aromatic rings. The van der Waals surface area contributed by atoms with Gasteiger partial charge < -0.3 is 46.3 Å². The van der Waals surface area contributed by atoms with Gasteiger partial charge in [-0.05, 0) is 180 Å². The van der Waals surface area contributed by atoms with Crippen molar-refractivity contribution in [2.24, 2.45) is 0 Å². The van der Waals surface area contributed by atoms with Crippen LogP contribution in [-0.4, -0.2) is 49.4 Å². The fraction of sp³-hybridized carbons (Fsp3) is 0.253. The van der Waals surface area contributed by atoms with E-state index in [0.717, 1.165) is 121 Å². The molecule has 15 heteroatoms. The molecule has 15 nitrogen and oxygen atoms in total. The van der Waals surface area contributed by atoms with Gasteiger partial charge in [0.2, 0.25) is 5.91 Å². The van der Waals surface area contributed by atoms with Crippen LogP contribution < -0.4 is 47.8 Å². The minimum absolute atomic E-state index is 0.239. The number of ether oxygens (including phenoxy) is 3. The van der Waals surface area contributed by atoms with Crippen molar-refractivity contribution < 1.29 is 43.3 Å². The SMILES string of the molecule is CC(C)=CCc1c(C)ccc2ccc(=O)oc12.COc1c(/C=C\C(=O)NO)ccc(C)c1CC=C(C)C.COc1c(/C=C\C(=O)Nc2ccccc2N)ccc(C)c1CC=C(C)C.COc1c(/C=C\C(=O)O)ccc(C)c1CC=C(C)C.Nc1ccccc1N. The molecule has 1 heterocycles. The van der Waals surface area contributed by atoms with Gasteiger partial charge in [0.05, 0.1) is 44.1 Å². The summed E-state index contributed by atoms with van der Waals surface area (Å²) in [7, 11) is 4.88. The standard InChI is InChI=1S/C22H26N2O2.C16H21NO3.C16H20O3.C15H16O2.C6H8N2/c1-15(2)9-13-18-16(3)10-11-17(22(18)26-4)12-14-21(25)24-20-8-6-5-7-19(20)23;1-11(2)5-9-14-12(3)6-7-13(16(14)20-4)8-10-15(18)17-19;1-11(2)5-9-14-12(3)6-7-13(16(14)19-4)8-10-15(17)18;1-10(2)4-8-13-11(3)5-6-12-7-9-14(16)17-15(12)13;7-5-3-1-2-4-6(5)8/h5-12,14H,13,23H2,1-4H3,(H,24,25);5-8,10,19H,9H2,1-4H3,(H,17,18);5-8,10H,9H2,1-4H3,(H,17,18);4-7,9H,8H2,1-3H3;1-4H,7-8H2/b14-12-;2*10-8-;;. The lowest BCUT2D eigenvalue weighted by Crippen LogP contribution is -2.14. The number of anilines is 4. The Balaban J connectivity index is 0.000000303. The fourth-order valence-electron chi connectivity index (χ4n) is 8.70. The quantitative estimate of drug-likeness (QED) is 0.0106. The molecule has 0 bridgehead atoms. The molecular weight excluding hydrogens is 1130 g/mol. The van der Waals surface area contributed by atoms with E-state index < -0.39 is 11.9 Å². The predicted octanol–water partition coefficient (Wildman–Crippen LogP) is 15.8. The van der Waals surface area contributed by atoms with Crippen molar-refractivity contribution in [3.63, 3.8) is 0 Å². The van der Waals surface area contributed by atoms with Crippen LogP contribution in [0.5, 0.6) is 17.2 Å². The van der Waals surface area contributed by atoms with Crippen LogP contribution in [0.2, 0.25) is 0 Å². The van der Waals surface area contributed by atoms with Crippen LogP contribution in [0.15, 0.2) is 183 Å². The van der Waals surface area contributed by atoms with E-state index in [4.69, 9.17) is 46.1 Å². The Morgan fingerprint density at radius 2 is 0.811 bits per heavy atom. The highest BCUT2D eigenvalue weighted by molar-refractivity contribution is 6.03. The number of nitrogens with one attached hydrogen (secondary N) is 2. The van der Waals surface area contributed by atoms with E-state index in [1.54, 1.807) is 69.3 Å². The molecule has 0 saturated heterocycles. The number of aliphatic carboxylic acids is 1. The third-order valence-corrected chi connectivity index (χ3v) is 13.7. The third-order valence-electron chi connectivity index (χ3n) is 13.7. The number of aryl methyl sites for hydroxylation is 4. The molecule has 0 radical (unpaired) electrons. The largest absolute Gasteiger partial charge is 0.496 e. The zero-order valence-corrected chi connectivity index (χ0v) is 54.9. The molecule has 0 spiro atoms. The highest BCUT2D eigenvalue weighted by Gasteiger charge is 2.14. The number of carbonyl (C=O) groups is 3. The molecule has 0 saturated carbocycles. The van der Waals surface area contributed by atoms with Gasteiger partial charge in [-0.25, -0.2) is 15.1 Å². The van der Waals surface area contributed by atoms with Gasteiger partial charge >= 0.3 is 11.6 Å². The number of fused-ring (bicyclic) bond motifs is 1. The summed E-state index contributed by atoms with van der Waals surface area (Å²) in [5.41, 5.74) is 37.5. The number of rotatable bonds is 18. The molecular formula is C75H91N5O10. The van der Waals surface area contributed by atoms with E-state index in [1.165, 1.54) is 40.5 Å². The van der Waals surface area contributed by atoms with Crippen molar-refractivity contribution in [3.8, 4) is 17.2 Å². The second-order valence-electron chi connectivity index (χ2n) is 21.9. The number of nitrogen functional groups attached to an aromatic ring is 3. The first-order chi connectivity index (χ1) is 42.7. The highest BCUT2D eigenvalue weighted by Crippen LogP contribution is 2.32. The van der Waals surface area contributed by atoms with E-state index in [-0.39, 0.29) is 11.5 Å². The molecule has 1 aromatic heterocycles. The van der Waals surface area contributed by atoms with Crippen LogP contribution in [0.4, 0.5) is 22.7 Å². The number of carbonyl (C=O) groups excluding carboxylic acids is 2. The number of carboxylic acid groups (broad SMARTS) is 1. The van der Waals surface area contributed by atoms with Gasteiger partial charge in [-0.3, -0.25) is 14.8 Å². The maximum atomic E-state index is 12.2. The summed E-state index contributed by atoms with van der Waals surface area (Å²) >= 11 is 0. The summed E-state index contributed by atoms with van der Waals surface area (Å²) in [6, 6.07) is 33.5. The number of amides is 2. The Hall–Kier alpha value is -10.1. The van der Waals surface area contributed by atoms with Crippen LogP contribution in [0, 0.1) is 27.7 Å². The molecule has 0 aliphatic carbocycles. The summed E-state index contributed by atoms with van der Waals surface area (Å²) in [5, 5.41) is 21.0. The molecule has 0 aliphatic rings. The van der Waals surface area contributed by atoms with Crippen molar-refractivity contribution in [3.05, 3.63) is 246 Å². The minimum Gasteiger partial charge on any atom is -0.496 e. The Labute approximate surface area is 531 Å². The van der Waals surface area contributed by atoms with Crippen molar-refractivity contribution in [1.82, 2.24) is 5.48 Å². The Bertz CT molecular complexity index is 3820. The van der Waals surface area contributed by atoms with Gasteiger partial charge in [0.25, 0.3) is 5.91 Å². The van der Waals surface area contributed by atoms with Gasteiger partial charge in [-0.15, -0.1) is 0 Å². The number of hydrogen-bond acceptors (Lipinski definition) is 12. The van der Waals surface area contributed by atoms with Crippen molar-refractivity contribution in [1.29, 1.82) is 0 Å². The second kappa shape index (κ2) is 38.2. The molecule has 2 amide bonds. The number of methoxy groups -OCH3 is 3. The molecule has 7 rings (SSSR count). The molecule has 10 N–H and O–H groups in total. The molecule has 90 heavy (non-hydrogen) atoms. The van der Waals surface area contributed by atoms with Gasteiger partial charge in [0.1, 0.15) is 22.8 Å². The number of nitrogens with two attached hydrogens (primary N) is 3. The molecule has 6 aromatic carbocycles. The maximum Gasteiger partial charge on any atom is 0.336 e. The lowest BCUT2D eigenvalue weighted by atomic mass is 9.99. The monoisotopic (exact) mass is 1220 g/mol. The maximum absolute atomic E-state index is 12.2. The minimum atomic E-state index is -0.964. The molecule has 0 unspecified atom stereocenters. The number of carboxylic acids is 1. The zero-order valence-electron chi connectivity index (χ0n) is 54.9. The molecule has 0 fully saturated rings. The first-order valence-electron chi connectivity index (χ1n) is 29.3. The van der Waals surface area contributed by atoms with Crippen molar-refractivity contribution >= 4 is 69.7 Å². The van der Waals surface area contributed by atoms with Crippen molar-refractivity contribution in [2.45, 2.75) is 109 Å². The Morgan fingerprint density at radius 3 is 1.18 bits per heavy atom. The number of hydroxylamine groups is 1. The highest BCUT2D eigenvalue weighted by atomic mass is 16.5. The van der Waals surface area contributed by atoms with Gasteiger partial charge in [-0.1, -0.05) is 119 Å². The van der Waals surface area contributed by atoms with Crippen LogP contribution in [0.25, 0.3) is 29.2 Å². The first-order valence-corrected chi connectivity index (χ1v) is 29.3. The van der Waals surface area contributed by atoms with E-state index in [2.05, 4.69) is 98.0 Å². The number of para-hydroxylation sites is 4. The normalized spacial score (nSPS) is 10.4. The lowest BCUT2D eigenvalue weighted by molar-refractivity contribution is -0.131. The zero-order chi connectivity index (χ0) is 67.0. The average Bonchev–Trinajstić information content (AvgIpc) is 1.56. The number of allylic oxidation sites excluding steroid dienone is 8. The summed E-state index contributed by atoms with van der Waals surface area (Å²) in [4.78, 5) is 45.2. The summed E-state index contributed by atoms with van der Waals surface area (Å²) in [5.74, 6) is 0.522. The van der Waals surface area contributed by atoms with Crippen LogP contribution in [-0.2, 0) is 40.1 Å². The van der Waals surface area contributed by atoms with Crippen LogP contribution in [0.1, 0.15) is 117 Å². The van der Waals surface area contributed by atoms with Gasteiger partial charge in [0, 0.05) is 68.6 Å². The van der Waals surface area contributed by atoms with Crippen molar-refractivity contribution in [2.75, 3.05) is 43.8 Å². The Kier molecular flexibility index (Phi) is 31.5. The molecule has 0 atom stereocenters. The predicted molar refractivity (Wildman–Crippen MR) is 372 cm³/mol. The molecule has 0 aliphatic heterocycles. The third kappa shape index (κ3) is 24.9. The van der Waals surface area contributed by atoms with E-state index in [1.807, 2.05) is 93.6 Å². The second-order valence-corrected chi connectivity index (χ2v) is 21.9. The average molecular weight is 1220 g/mol. The van der Waals surface area contributed by atoms with Crippen LogP contribution >= 0.6 is 0 Å². The molecule has 476 valence electrons. The lowest BCUT2D eigenvalue weighted by Gasteiger charge is -2.13. The van der Waals surface area contributed by atoms with Gasteiger partial charge in [-0.2, -0.15) is 0 Å². The van der Waals surface area contributed by atoms with E-state index >= 15 is 0 Å². The van der Waals surface area contributed by atoms with Gasteiger partial charge in [0.15, 0.2) is 0 Å². The number of hydrogen-bond donors (Lipinski definition) is 7. The topological polar surface area (TPSA) is 252 Å². The number of benzene rings is 6. The first kappa shape index (κ1) is 74.1. The van der Waals surface area contributed by atoms with E-state index in [9.17, 15) is 19.2 Å². The fourth-order valence-corrected chi connectivity index (χ4v) is 8.70. The smallest absolute Gasteiger partial charge is 0.336 e. The summed E-state index contributed by atoms with van der Waals surface area (Å²) < 4.78 is 21.9. The summed E-state index contributed by atoms with van der Waals surface area (Å²) in [6.07, 6.45) is 20.6. The van der Waals surface area contributed by atoms with Crippen LogP contribution in [0.3, 0.4) is 0 Å². The summed E-state index contributed by atoms with van der Waals surface area (Å²) in [6.45, 7) is 24.7. The Morgan fingerprint density at radius 1 is 0.467 bits per heavy atom. The van der Waals surface area contributed by atoms with E-state index in [0.29, 0.717) is 22.7 Å².